The van der Waals surface area contributed by atoms with Crippen LogP contribution in [0.25, 0.3) is 21.8 Å². The van der Waals surface area contributed by atoms with Crippen LogP contribution in [-0.2, 0) is 23.1 Å². The largest absolute Gasteiger partial charge is 0.325 e. The highest BCUT2D eigenvalue weighted by Gasteiger charge is 2.47. The maximum atomic E-state index is 13.5. The van der Waals surface area contributed by atoms with Gasteiger partial charge in [-0.2, -0.15) is 0 Å². The van der Waals surface area contributed by atoms with E-state index in [2.05, 4.69) is 35.6 Å². The number of carbonyl (C=O) groups is 1. The van der Waals surface area contributed by atoms with E-state index in [4.69, 9.17) is 9.97 Å². The van der Waals surface area contributed by atoms with Crippen LogP contribution in [0.5, 0.6) is 0 Å². The van der Waals surface area contributed by atoms with Crippen molar-refractivity contribution in [1.29, 1.82) is 0 Å². The summed E-state index contributed by atoms with van der Waals surface area (Å²) in [7, 11) is 0. The Morgan fingerprint density at radius 2 is 1.16 bits per heavy atom. The molecular formula is C28H21N3O. The number of para-hydroxylation sites is 3. The molecule has 0 bridgehead atoms. The third-order valence-corrected chi connectivity index (χ3v) is 6.40. The van der Waals surface area contributed by atoms with Crippen LogP contribution in [-0.4, -0.2) is 15.9 Å². The fourth-order valence-corrected chi connectivity index (χ4v) is 4.82. The van der Waals surface area contributed by atoms with Crippen LogP contribution >= 0.6 is 0 Å². The Balaban J connectivity index is 1.47. The van der Waals surface area contributed by atoms with Gasteiger partial charge in [0.05, 0.1) is 16.4 Å². The molecule has 5 aromatic rings. The van der Waals surface area contributed by atoms with E-state index in [1.54, 1.807) is 0 Å². The van der Waals surface area contributed by atoms with Gasteiger partial charge in [0.2, 0.25) is 5.91 Å². The van der Waals surface area contributed by atoms with E-state index in [0.717, 1.165) is 44.4 Å². The Morgan fingerprint density at radius 3 is 1.78 bits per heavy atom. The second-order valence-corrected chi connectivity index (χ2v) is 8.43. The van der Waals surface area contributed by atoms with Gasteiger partial charge in [-0.05, 0) is 35.9 Å². The van der Waals surface area contributed by atoms with Crippen molar-refractivity contribution in [3.05, 3.63) is 114 Å². The first-order valence-electron chi connectivity index (χ1n) is 10.8. The first-order chi connectivity index (χ1) is 15.7. The molecule has 0 unspecified atom stereocenters. The van der Waals surface area contributed by atoms with E-state index in [0.29, 0.717) is 12.8 Å². The summed E-state index contributed by atoms with van der Waals surface area (Å²) in [5.74, 6) is 0.00335. The molecule has 0 atom stereocenters. The molecule has 4 nitrogen and oxygen atoms in total. The third-order valence-electron chi connectivity index (χ3n) is 6.40. The van der Waals surface area contributed by atoms with Gasteiger partial charge in [0.1, 0.15) is 0 Å². The number of nitrogens with zero attached hydrogens (tertiary/aromatic N) is 2. The molecule has 0 radical (unpaired) electrons. The van der Waals surface area contributed by atoms with Gasteiger partial charge in [0.15, 0.2) is 0 Å². The van der Waals surface area contributed by atoms with Gasteiger partial charge < -0.3 is 5.32 Å². The van der Waals surface area contributed by atoms with Gasteiger partial charge in [-0.15, -0.1) is 0 Å². The second-order valence-electron chi connectivity index (χ2n) is 8.43. The number of benzene rings is 3. The van der Waals surface area contributed by atoms with Crippen LogP contribution in [0.3, 0.4) is 0 Å². The molecule has 3 heterocycles. The molecule has 1 amide bonds. The fraction of sp³-hybridized carbons (Fsp3) is 0.107. The number of aromatic nitrogens is 2. The zero-order valence-electron chi connectivity index (χ0n) is 17.5. The molecule has 0 fully saturated rings. The Hall–Kier alpha value is -4.05. The van der Waals surface area contributed by atoms with Crippen molar-refractivity contribution in [2.45, 2.75) is 18.3 Å². The van der Waals surface area contributed by atoms with E-state index in [9.17, 15) is 4.79 Å². The first-order valence-corrected chi connectivity index (χ1v) is 10.8. The SMILES string of the molecule is O=C1Nc2ccccc2C1(Cc1ccc2ccccc2n1)Cc1ccc2ccccc2n1. The van der Waals surface area contributed by atoms with Crippen LogP contribution in [0.2, 0.25) is 0 Å². The van der Waals surface area contributed by atoms with Crippen molar-refractivity contribution in [1.82, 2.24) is 9.97 Å². The normalized spacial score (nSPS) is 14.4. The van der Waals surface area contributed by atoms with E-state index in [-0.39, 0.29) is 5.91 Å². The minimum Gasteiger partial charge on any atom is -0.325 e. The molecule has 6 rings (SSSR count). The smallest absolute Gasteiger partial charge is 0.235 e. The van der Waals surface area contributed by atoms with Crippen LogP contribution in [0.4, 0.5) is 5.69 Å². The maximum absolute atomic E-state index is 13.5. The third kappa shape index (κ3) is 3.04. The molecule has 32 heavy (non-hydrogen) atoms. The maximum Gasteiger partial charge on any atom is 0.235 e. The summed E-state index contributed by atoms with van der Waals surface area (Å²) in [6, 6.07) is 32.3. The quantitative estimate of drug-likeness (QED) is 0.424. The molecule has 1 N–H and O–H groups in total. The predicted molar refractivity (Wildman–Crippen MR) is 128 cm³/mol. The van der Waals surface area contributed by atoms with Gasteiger partial charge in [0.25, 0.3) is 0 Å². The minimum absolute atomic E-state index is 0.00335. The van der Waals surface area contributed by atoms with Crippen LogP contribution in [0, 0.1) is 0 Å². The lowest BCUT2D eigenvalue weighted by atomic mass is 9.74. The standard InChI is InChI=1S/C28H21N3O/c32-27-28(23-9-3-6-12-26(23)31-27,17-21-15-13-19-7-1-4-10-24(19)29-21)18-22-16-14-20-8-2-5-11-25(20)30-22/h1-16H,17-18H2,(H,31,32). The van der Waals surface area contributed by atoms with Crippen LogP contribution in [0.15, 0.2) is 97.1 Å². The minimum atomic E-state index is -0.762. The van der Waals surface area contributed by atoms with Crippen LogP contribution < -0.4 is 5.32 Å². The van der Waals surface area contributed by atoms with Gasteiger partial charge >= 0.3 is 0 Å². The number of rotatable bonds is 4. The Morgan fingerprint density at radius 1 is 0.625 bits per heavy atom. The number of hydrogen-bond donors (Lipinski definition) is 1. The average Bonchev–Trinajstić information content (AvgIpc) is 3.10. The van der Waals surface area contributed by atoms with Crippen molar-refractivity contribution >= 4 is 33.4 Å². The molecule has 1 aliphatic heterocycles. The lowest BCUT2D eigenvalue weighted by Gasteiger charge is -2.27. The number of carbonyl (C=O) groups excluding carboxylic acids is 1. The lowest BCUT2D eigenvalue weighted by molar-refractivity contribution is -0.120. The fourth-order valence-electron chi connectivity index (χ4n) is 4.82. The molecule has 154 valence electrons. The highest BCUT2D eigenvalue weighted by Crippen LogP contribution is 2.42. The number of pyridine rings is 2. The Kier molecular flexibility index (Phi) is 4.25. The summed E-state index contributed by atoms with van der Waals surface area (Å²) in [4.78, 5) is 23.3. The van der Waals surface area contributed by atoms with E-state index < -0.39 is 5.41 Å². The molecule has 0 saturated carbocycles. The molecule has 0 saturated heterocycles. The Bertz CT molecular complexity index is 1410. The van der Waals surface area contributed by atoms with Crippen molar-refractivity contribution < 1.29 is 4.79 Å². The zero-order chi connectivity index (χ0) is 21.5. The van der Waals surface area contributed by atoms with Gasteiger partial charge in [-0.1, -0.05) is 66.7 Å². The lowest BCUT2D eigenvalue weighted by Crippen LogP contribution is -2.39. The van der Waals surface area contributed by atoms with E-state index in [1.165, 1.54) is 0 Å². The summed E-state index contributed by atoms with van der Waals surface area (Å²) in [5, 5.41) is 5.30. The summed E-state index contributed by atoms with van der Waals surface area (Å²) < 4.78 is 0. The van der Waals surface area contributed by atoms with Crippen molar-refractivity contribution in [3.8, 4) is 0 Å². The van der Waals surface area contributed by atoms with Crippen molar-refractivity contribution in [2.24, 2.45) is 0 Å². The summed E-state index contributed by atoms with van der Waals surface area (Å²) >= 11 is 0. The van der Waals surface area contributed by atoms with E-state index >= 15 is 0 Å². The number of amides is 1. The highest BCUT2D eigenvalue weighted by atomic mass is 16.2. The summed E-state index contributed by atoms with van der Waals surface area (Å²) in [6.45, 7) is 0. The number of fused-ring (bicyclic) bond motifs is 3. The van der Waals surface area contributed by atoms with Crippen molar-refractivity contribution in [2.75, 3.05) is 5.32 Å². The van der Waals surface area contributed by atoms with Crippen LogP contribution in [0.1, 0.15) is 17.0 Å². The Labute approximate surface area is 186 Å². The number of anilines is 1. The topological polar surface area (TPSA) is 54.9 Å². The summed E-state index contributed by atoms with van der Waals surface area (Å²) in [6.07, 6.45) is 1.02. The number of nitrogens with one attached hydrogen (secondary N) is 1. The zero-order valence-corrected chi connectivity index (χ0v) is 17.5. The van der Waals surface area contributed by atoms with Gasteiger partial charge in [0, 0.05) is 40.7 Å². The molecule has 0 aliphatic carbocycles. The molecule has 0 spiro atoms. The highest BCUT2D eigenvalue weighted by molar-refractivity contribution is 6.06. The molecule has 1 aliphatic rings. The second kappa shape index (κ2) is 7.27. The first kappa shape index (κ1) is 18.7. The van der Waals surface area contributed by atoms with Gasteiger partial charge in [-0.3, -0.25) is 14.8 Å². The molecular weight excluding hydrogens is 394 g/mol. The monoisotopic (exact) mass is 415 g/mol. The molecule has 2 aromatic heterocycles. The average molecular weight is 415 g/mol. The molecule has 4 heteroatoms. The number of hydrogen-bond acceptors (Lipinski definition) is 3. The molecule has 3 aromatic carbocycles. The van der Waals surface area contributed by atoms with Gasteiger partial charge in [-0.25, -0.2) is 0 Å². The van der Waals surface area contributed by atoms with Crippen molar-refractivity contribution in [3.63, 3.8) is 0 Å². The summed E-state index contributed by atoms with van der Waals surface area (Å²) in [5.41, 5.74) is 4.80. The van der Waals surface area contributed by atoms with E-state index in [1.807, 2.05) is 66.7 Å². The predicted octanol–water partition coefficient (Wildman–Crippen LogP) is 5.46.